The number of halogens is 1. The Labute approximate surface area is 157 Å². The maximum absolute atomic E-state index is 12.8. The van der Waals surface area contributed by atoms with E-state index in [-0.39, 0.29) is 17.4 Å². The number of allylic oxidation sites excluding steroid dienone is 2. The van der Waals surface area contributed by atoms with E-state index in [0.717, 1.165) is 0 Å². The molecule has 27 heavy (non-hydrogen) atoms. The van der Waals surface area contributed by atoms with Gasteiger partial charge < -0.3 is 5.11 Å². The molecular weight excluding hydrogens is 370 g/mol. The molecule has 0 amide bonds. The minimum atomic E-state index is -1.000. The Hall–Kier alpha value is -3.26. The van der Waals surface area contributed by atoms with E-state index in [1.54, 1.807) is 18.2 Å². The summed E-state index contributed by atoms with van der Waals surface area (Å²) in [5.41, 5.74) is 2.34. The summed E-state index contributed by atoms with van der Waals surface area (Å²) in [6.45, 7) is 0. The zero-order chi connectivity index (χ0) is 18.7. The average molecular weight is 382 g/mol. The molecule has 3 heterocycles. The zero-order valence-electron chi connectivity index (χ0n) is 13.7. The van der Waals surface area contributed by atoms with Gasteiger partial charge in [0, 0.05) is 34.2 Å². The Morgan fingerprint density at radius 2 is 2.04 bits per heavy atom. The molecular formula is C18H12ClN5O3. The molecule has 0 fully saturated rings. The van der Waals surface area contributed by atoms with Crippen molar-refractivity contribution in [1.82, 2.24) is 24.8 Å². The number of tetrazole rings is 1. The molecule has 0 bridgehead atoms. The number of benzene rings is 1. The summed E-state index contributed by atoms with van der Waals surface area (Å²) >= 11 is 6.18. The molecule has 1 aromatic carbocycles. The molecule has 134 valence electrons. The van der Waals surface area contributed by atoms with E-state index in [1.165, 1.54) is 21.6 Å². The van der Waals surface area contributed by atoms with Crippen LogP contribution in [-0.2, 0) is 4.79 Å². The van der Waals surface area contributed by atoms with E-state index in [9.17, 15) is 14.7 Å². The number of carboxylic acid groups (broad SMARTS) is 1. The van der Waals surface area contributed by atoms with E-state index < -0.39 is 12.0 Å². The van der Waals surface area contributed by atoms with Crippen molar-refractivity contribution in [1.29, 1.82) is 0 Å². The molecule has 0 spiro atoms. The quantitative estimate of drug-likeness (QED) is 0.696. The highest BCUT2D eigenvalue weighted by Crippen LogP contribution is 2.49. The first-order valence-corrected chi connectivity index (χ1v) is 8.63. The fourth-order valence-corrected chi connectivity index (χ4v) is 4.09. The third-order valence-corrected chi connectivity index (χ3v) is 5.39. The monoisotopic (exact) mass is 381 g/mol. The Morgan fingerprint density at radius 3 is 2.70 bits per heavy atom. The number of nitrogens with zero attached hydrogens (tertiary/aromatic N) is 5. The largest absolute Gasteiger partial charge is 0.480 e. The second kappa shape index (κ2) is 5.62. The van der Waals surface area contributed by atoms with Crippen LogP contribution in [0.25, 0.3) is 16.8 Å². The molecule has 8 nitrogen and oxygen atoms in total. The van der Waals surface area contributed by atoms with Crippen LogP contribution in [0.1, 0.15) is 17.7 Å². The maximum atomic E-state index is 12.8. The second-order valence-electron chi connectivity index (χ2n) is 6.56. The highest BCUT2D eigenvalue weighted by atomic mass is 35.5. The third-order valence-electron chi connectivity index (χ3n) is 5.16. The lowest BCUT2D eigenvalue weighted by Gasteiger charge is -2.23. The first kappa shape index (κ1) is 16.0. The fraction of sp³-hybridized carbons (Fsp3) is 0.167. The third kappa shape index (κ3) is 2.26. The standard InChI is InChI=1S/C18H12ClN5O3/c19-10-1-4-14(23-8-20-21-22-23)13(7-10)9-5-15-11-2-3-12(11)17(18(26)27)24(15)16(25)6-9/h1-8,11-12,17H,(H,26,27)/t11?,12-,17-/m0/s1. The van der Waals surface area contributed by atoms with Crippen molar-refractivity contribution < 1.29 is 9.90 Å². The van der Waals surface area contributed by atoms with E-state index in [1.807, 2.05) is 18.2 Å². The van der Waals surface area contributed by atoms with Crippen molar-refractivity contribution in [3.63, 3.8) is 0 Å². The minimum absolute atomic E-state index is 0.0746. The summed E-state index contributed by atoms with van der Waals surface area (Å²) in [6, 6.07) is 7.64. The molecule has 9 heteroatoms. The van der Waals surface area contributed by atoms with E-state index >= 15 is 0 Å². The SMILES string of the molecule is O=C(O)[C@@H]1[C@H]2C=CC2c2cc(-c3cc(Cl)ccc3-n3cnnn3)cc(=O)n21. The molecule has 3 atom stereocenters. The van der Waals surface area contributed by atoms with Crippen LogP contribution < -0.4 is 5.56 Å². The van der Waals surface area contributed by atoms with Crippen LogP contribution in [0.15, 0.2) is 53.6 Å². The first-order valence-electron chi connectivity index (χ1n) is 8.25. The molecule has 2 aliphatic rings. The van der Waals surface area contributed by atoms with Crippen LogP contribution in [0.5, 0.6) is 0 Å². The molecule has 0 radical (unpaired) electrons. The van der Waals surface area contributed by atoms with Gasteiger partial charge >= 0.3 is 5.97 Å². The van der Waals surface area contributed by atoms with Crippen molar-refractivity contribution >= 4 is 17.6 Å². The van der Waals surface area contributed by atoms with E-state index in [2.05, 4.69) is 15.5 Å². The lowest BCUT2D eigenvalue weighted by molar-refractivity contribution is -0.141. The number of hydrogen-bond donors (Lipinski definition) is 1. The number of rotatable bonds is 3. The summed E-state index contributed by atoms with van der Waals surface area (Å²) < 4.78 is 2.87. The summed E-state index contributed by atoms with van der Waals surface area (Å²) in [6.07, 6.45) is 5.24. The lowest BCUT2D eigenvalue weighted by Crippen LogP contribution is -2.30. The highest BCUT2D eigenvalue weighted by molar-refractivity contribution is 6.31. The van der Waals surface area contributed by atoms with Gasteiger partial charge in [0.15, 0.2) is 0 Å². The minimum Gasteiger partial charge on any atom is -0.480 e. The molecule has 1 N–H and O–H groups in total. The van der Waals surface area contributed by atoms with Gasteiger partial charge in [-0.3, -0.25) is 9.36 Å². The van der Waals surface area contributed by atoms with Gasteiger partial charge in [-0.25, -0.2) is 4.79 Å². The van der Waals surface area contributed by atoms with Gasteiger partial charge in [0.1, 0.15) is 12.4 Å². The van der Waals surface area contributed by atoms with Crippen LogP contribution in [0.3, 0.4) is 0 Å². The average Bonchev–Trinajstić information content (AvgIpc) is 3.19. The summed E-state index contributed by atoms with van der Waals surface area (Å²) in [7, 11) is 0. The number of aromatic nitrogens is 5. The topological polar surface area (TPSA) is 103 Å². The van der Waals surface area contributed by atoms with E-state index in [4.69, 9.17) is 11.6 Å². The molecule has 0 saturated heterocycles. The Bertz CT molecular complexity index is 1170. The highest BCUT2D eigenvalue weighted by Gasteiger charge is 2.46. The van der Waals surface area contributed by atoms with E-state index in [0.29, 0.717) is 27.5 Å². The summed E-state index contributed by atoms with van der Waals surface area (Å²) in [5.74, 6) is -1.27. The fourth-order valence-electron chi connectivity index (χ4n) is 3.92. The predicted molar refractivity (Wildman–Crippen MR) is 95.9 cm³/mol. The van der Waals surface area contributed by atoms with Crippen molar-refractivity contribution in [2.75, 3.05) is 0 Å². The maximum Gasteiger partial charge on any atom is 0.327 e. The van der Waals surface area contributed by atoms with Crippen LogP contribution in [0.2, 0.25) is 5.02 Å². The van der Waals surface area contributed by atoms with Crippen LogP contribution in [-0.4, -0.2) is 35.9 Å². The van der Waals surface area contributed by atoms with Gasteiger partial charge in [-0.2, -0.15) is 4.68 Å². The lowest BCUT2D eigenvalue weighted by atomic mass is 9.79. The predicted octanol–water partition coefficient (Wildman–Crippen LogP) is 2.05. The normalized spacial score (nSPS) is 22.2. The number of aliphatic carboxylic acids is 1. The molecule has 3 aromatic rings. The summed E-state index contributed by atoms with van der Waals surface area (Å²) in [5, 5.41) is 21.3. The van der Waals surface area contributed by atoms with Gasteiger partial charge in [0.25, 0.3) is 5.56 Å². The molecule has 1 aliphatic heterocycles. The number of pyridine rings is 1. The Kier molecular flexibility index (Phi) is 3.32. The molecule has 1 unspecified atom stereocenters. The van der Waals surface area contributed by atoms with Gasteiger partial charge in [-0.05, 0) is 40.3 Å². The van der Waals surface area contributed by atoms with Crippen LogP contribution >= 0.6 is 11.6 Å². The van der Waals surface area contributed by atoms with Crippen molar-refractivity contribution in [3.8, 4) is 16.8 Å². The van der Waals surface area contributed by atoms with Gasteiger partial charge in [-0.15, -0.1) is 5.10 Å². The van der Waals surface area contributed by atoms with Gasteiger partial charge in [-0.1, -0.05) is 23.8 Å². The number of hydrogen-bond acceptors (Lipinski definition) is 5. The van der Waals surface area contributed by atoms with Crippen molar-refractivity contribution in [2.24, 2.45) is 5.92 Å². The Balaban J connectivity index is 1.73. The van der Waals surface area contributed by atoms with Gasteiger partial charge in [0.2, 0.25) is 0 Å². The first-order chi connectivity index (χ1) is 13.0. The number of carboxylic acids is 1. The van der Waals surface area contributed by atoms with Crippen LogP contribution in [0.4, 0.5) is 0 Å². The summed E-state index contributed by atoms with van der Waals surface area (Å²) in [4.78, 5) is 24.5. The number of carbonyl (C=O) groups is 1. The van der Waals surface area contributed by atoms with Crippen molar-refractivity contribution in [2.45, 2.75) is 12.0 Å². The van der Waals surface area contributed by atoms with Crippen molar-refractivity contribution in [3.05, 3.63) is 69.9 Å². The molecule has 1 aliphatic carbocycles. The molecule has 0 saturated carbocycles. The zero-order valence-corrected chi connectivity index (χ0v) is 14.5. The number of fused-ring (bicyclic) bond motifs is 3. The Morgan fingerprint density at radius 1 is 1.19 bits per heavy atom. The van der Waals surface area contributed by atoms with Crippen LogP contribution in [0, 0.1) is 5.92 Å². The molecule has 2 aromatic heterocycles. The molecule has 5 rings (SSSR count). The second-order valence-corrected chi connectivity index (χ2v) is 7.00. The van der Waals surface area contributed by atoms with Gasteiger partial charge in [0.05, 0.1) is 5.69 Å². The smallest absolute Gasteiger partial charge is 0.327 e.